The molecule has 0 amide bonds. The van der Waals surface area contributed by atoms with Gasteiger partial charge in [0.05, 0.1) is 0 Å². The van der Waals surface area contributed by atoms with Crippen molar-refractivity contribution >= 4 is 5.82 Å². The van der Waals surface area contributed by atoms with E-state index >= 15 is 0 Å². The second-order valence-corrected chi connectivity index (χ2v) is 2.58. The van der Waals surface area contributed by atoms with Crippen LogP contribution in [0.5, 0.6) is 0 Å². The third kappa shape index (κ3) is 0.988. The van der Waals surface area contributed by atoms with E-state index in [0.717, 1.165) is 11.4 Å². The second-order valence-electron chi connectivity index (χ2n) is 2.58. The van der Waals surface area contributed by atoms with Gasteiger partial charge < -0.3 is 4.90 Å². The zero-order valence-electron chi connectivity index (χ0n) is 6.84. The number of hydrogen-bond donors (Lipinski definition) is 0. The van der Waals surface area contributed by atoms with Gasteiger partial charge in [0.15, 0.2) is 0 Å². The Kier molecular flexibility index (Phi) is 1.66. The largest absolute Gasteiger partial charge is 0.363 e. The number of rotatable bonds is 1. The minimum Gasteiger partial charge on any atom is -0.363 e. The first-order valence-electron chi connectivity index (χ1n) is 3.21. The van der Waals surface area contributed by atoms with Crippen LogP contribution in [0.25, 0.3) is 0 Å². The summed E-state index contributed by atoms with van der Waals surface area (Å²) >= 11 is 0. The molecule has 1 radical (unpaired) electrons. The van der Waals surface area contributed by atoms with E-state index in [1.807, 2.05) is 37.6 Å². The molecule has 0 aromatic carbocycles. The maximum Gasteiger partial charge on any atom is 0.129 e. The minimum atomic E-state index is 1.09. The van der Waals surface area contributed by atoms with Crippen molar-refractivity contribution in [2.24, 2.45) is 7.05 Å². The van der Waals surface area contributed by atoms with E-state index in [-0.39, 0.29) is 0 Å². The fourth-order valence-corrected chi connectivity index (χ4v) is 1.11. The molecule has 0 atom stereocenters. The number of anilines is 1. The van der Waals surface area contributed by atoms with Gasteiger partial charge in [-0.1, -0.05) is 0 Å². The Morgan fingerprint density at radius 1 is 1.50 bits per heavy atom. The highest BCUT2D eigenvalue weighted by Crippen LogP contribution is 2.13. The van der Waals surface area contributed by atoms with Crippen LogP contribution in [0.4, 0.5) is 5.82 Å². The van der Waals surface area contributed by atoms with Gasteiger partial charge >= 0.3 is 0 Å². The van der Waals surface area contributed by atoms with Crippen molar-refractivity contribution in [1.29, 1.82) is 0 Å². The molecule has 0 aliphatic rings. The van der Waals surface area contributed by atoms with Crippen LogP contribution in [-0.4, -0.2) is 23.9 Å². The number of aryl methyl sites for hydroxylation is 2. The summed E-state index contributed by atoms with van der Waals surface area (Å²) in [5.41, 5.74) is 1.09. The molecule has 0 aliphatic heterocycles. The molecule has 0 unspecified atom stereocenters. The predicted octanol–water partition coefficient (Wildman–Crippen LogP) is 0.595. The van der Waals surface area contributed by atoms with Crippen LogP contribution in [0.15, 0.2) is 0 Å². The molecule has 0 saturated heterocycles. The molecule has 0 spiro atoms. The first-order valence-corrected chi connectivity index (χ1v) is 3.21. The van der Waals surface area contributed by atoms with Crippen molar-refractivity contribution in [3.8, 4) is 0 Å². The third-order valence-electron chi connectivity index (χ3n) is 1.43. The highest BCUT2D eigenvalue weighted by molar-refractivity contribution is 5.43. The highest BCUT2D eigenvalue weighted by atomic mass is 15.3. The molecule has 1 rings (SSSR count). The average Bonchev–Trinajstić information content (AvgIpc) is 2.11. The van der Waals surface area contributed by atoms with Gasteiger partial charge in [-0.05, 0) is 6.92 Å². The van der Waals surface area contributed by atoms with Gasteiger partial charge in [-0.15, -0.1) is 0 Å². The summed E-state index contributed by atoms with van der Waals surface area (Å²) in [6.07, 6.45) is 2.89. The molecule has 3 heteroatoms. The van der Waals surface area contributed by atoms with E-state index in [2.05, 4.69) is 11.3 Å². The van der Waals surface area contributed by atoms with Crippen LogP contribution in [0.3, 0.4) is 0 Å². The van der Waals surface area contributed by atoms with Crippen LogP contribution in [-0.2, 0) is 7.05 Å². The van der Waals surface area contributed by atoms with Crippen LogP contribution in [0.1, 0.15) is 5.56 Å². The summed E-state index contributed by atoms with van der Waals surface area (Å²) in [5, 5.41) is 3.99. The molecule has 0 fully saturated rings. The molecule has 0 aliphatic carbocycles. The van der Waals surface area contributed by atoms with Crippen molar-refractivity contribution < 1.29 is 0 Å². The van der Waals surface area contributed by atoms with Crippen molar-refractivity contribution in [1.82, 2.24) is 9.78 Å². The standard InChI is InChI=1S/C7H12N3/c1-6-5-8-10(4)7(6)9(2)3/h1-4H3. The van der Waals surface area contributed by atoms with E-state index in [4.69, 9.17) is 0 Å². The van der Waals surface area contributed by atoms with Gasteiger partial charge in [0, 0.05) is 26.7 Å². The third-order valence-corrected chi connectivity index (χ3v) is 1.43. The van der Waals surface area contributed by atoms with E-state index in [9.17, 15) is 0 Å². The molecule has 55 valence electrons. The average molecular weight is 138 g/mol. The summed E-state index contributed by atoms with van der Waals surface area (Å²) in [6.45, 7) is 2.00. The van der Waals surface area contributed by atoms with E-state index in [0.29, 0.717) is 0 Å². The minimum absolute atomic E-state index is 1.09. The summed E-state index contributed by atoms with van der Waals surface area (Å²) in [7, 11) is 5.91. The van der Waals surface area contributed by atoms with Gasteiger partial charge in [0.2, 0.25) is 0 Å². The Hall–Kier alpha value is -0.990. The Morgan fingerprint density at radius 3 is 2.30 bits per heavy atom. The van der Waals surface area contributed by atoms with Gasteiger partial charge in [-0.3, -0.25) is 4.68 Å². The maximum absolute atomic E-state index is 3.99. The first kappa shape index (κ1) is 7.12. The van der Waals surface area contributed by atoms with Crippen LogP contribution < -0.4 is 4.90 Å². The fourth-order valence-electron chi connectivity index (χ4n) is 1.11. The van der Waals surface area contributed by atoms with E-state index < -0.39 is 0 Å². The topological polar surface area (TPSA) is 21.1 Å². The lowest BCUT2D eigenvalue weighted by atomic mass is 10.3. The quantitative estimate of drug-likeness (QED) is 0.566. The normalized spacial score (nSPS) is 10.0. The Bertz CT molecular complexity index is 205. The van der Waals surface area contributed by atoms with Crippen LogP contribution in [0, 0.1) is 13.1 Å². The smallest absolute Gasteiger partial charge is 0.129 e. The molecule has 0 saturated carbocycles. The van der Waals surface area contributed by atoms with Gasteiger partial charge in [-0.25, -0.2) is 0 Å². The lowest BCUT2D eigenvalue weighted by Gasteiger charge is -2.12. The summed E-state index contributed by atoms with van der Waals surface area (Å²) < 4.78 is 1.81. The van der Waals surface area contributed by atoms with Gasteiger partial charge in [-0.2, -0.15) is 5.10 Å². The number of aromatic nitrogens is 2. The van der Waals surface area contributed by atoms with Crippen LogP contribution in [0.2, 0.25) is 0 Å². The molecule has 1 aromatic rings. The maximum atomic E-state index is 3.99. The van der Waals surface area contributed by atoms with E-state index in [1.165, 1.54) is 0 Å². The van der Waals surface area contributed by atoms with Crippen molar-refractivity contribution in [3.63, 3.8) is 0 Å². The predicted molar refractivity (Wildman–Crippen MR) is 41.1 cm³/mol. The lowest BCUT2D eigenvalue weighted by Crippen LogP contribution is -2.14. The Balaban J connectivity index is 3.10. The second kappa shape index (κ2) is 2.33. The molecular weight excluding hydrogens is 126 g/mol. The van der Waals surface area contributed by atoms with Crippen molar-refractivity contribution in [2.75, 3.05) is 19.0 Å². The highest BCUT2D eigenvalue weighted by Gasteiger charge is 2.04. The SMILES string of the molecule is Cc1[c]nn(C)c1N(C)C. The number of hydrogen-bond acceptors (Lipinski definition) is 2. The number of nitrogens with zero attached hydrogens (tertiary/aromatic N) is 3. The van der Waals surface area contributed by atoms with Crippen LogP contribution >= 0.6 is 0 Å². The summed E-state index contributed by atoms with van der Waals surface area (Å²) in [4.78, 5) is 2.03. The zero-order chi connectivity index (χ0) is 7.72. The molecular formula is C7H12N3. The Labute approximate surface area is 61.3 Å². The van der Waals surface area contributed by atoms with E-state index in [1.54, 1.807) is 0 Å². The Morgan fingerprint density at radius 2 is 2.10 bits per heavy atom. The van der Waals surface area contributed by atoms with Gasteiger partial charge in [0.1, 0.15) is 12.0 Å². The first-order chi connectivity index (χ1) is 4.63. The molecule has 1 heterocycles. The molecule has 0 N–H and O–H groups in total. The fraction of sp³-hybridized carbons (Fsp3) is 0.571. The molecule has 1 aromatic heterocycles. The van der Waals surface area contributed by atoms with Crippen molar-refractivity contribution in [3.05, 3.63) is 11.8 Å². The summed E-state index contributed by atoms with van der Waals surface area (Å²) in [5.74, 6) is 1.11. The summed E-state index contributed by atoms with van der Waals surface area (Å²) in [6, 6.07) is 0. The molecule has 0 bridgehead atoms. The van der Waals surface area contributed by atoms with Crippen molar-refractivity contribution in [2.45, 2.75) is 6.92 Å². The zero-order valence-corrected chi connectivity index (χ0v) is 6.84. The monoisotopic (exact) mass is 138 g/mol. The van der Waals surface area contributed by atoms with Gasteiger partial charge in [0.25, 0.3) is 0 Å². The molecule has 3 nitrogen and oxygen atoms in total. The lowest BCUT2D eigenvalue weighted by molar-refractivity contribution is 0.752. The molecule has 10 heavy (non-hydrogen) atoms.